The van der Waals surface area contributed by atoms with Crippen molar-refractivity contribution in [3.8, 4) is 0 Å². The van der Waals surface area contributed by atoms with Gasteiger partial charge in [0.25, 0.3) is 0 Å². The fourth-order valence-electron chi connectivity index (χ4n) is 2.58. The zero-order valence-electron chi connectivity index (χ0n) is 8.48. The molecule has 1 aliphatic heterocycles. The van der Waals surface area contributed by atoms with Gasteiger partial charge in [0.1, 0.15) is 5.15 Å². The average molecular weight is 239 g/mol. The van der Waals surface area contributed by atoms with Gasteiger partial charge in [0.05, 0.1) is 29.7 Å². The number of piperidine rings is 1. The van der Waals surface area contributed by atoms with Crippen LogP contribution in [0.25, 0.3) is 0 Å². The first-order valence-electron chi connectivity index (χ1n) is 5.17. The molecule has 3 rings (SSSR count). The Labute approximate surface area is 97.4 Å². The summed E-state index contributed by atoms with van der Waals surface area (Å²) in [6.07, 6.45) is 4.96. The lowest BCUT2D eigenvalue weighted by Gasteiger charge is -2.16. The first-order chi connectivity index (χ1) is 7.62. The molecule has 2 heterocycles. The zero-order valence-corrected chi connectivity index (χ0v) is 9.24. The summed E-state index contributed by atoms with van der Waals surface area (Å²) in [5.74, 6) is 0.124. The SMILES string of the molecule is NC(=O)C1CC2CC2(c2cncc(Cl)n2)N1. The third-order valence-electron chi connectivity index (χ3n) is 3.46. The van der Waals surface area contributed by atoms with Crippen LogP contribution in [0, 0.1) is 5.92 Å². The first-order valence-corrected chi connectivity index (χ1v) is 5.55. The number of primary amides is 1. The summed E-state index contributed by atoms with van der Waals surface area (Å²) in [5.41, 5.74) is 5.89. The Kier molecular flexibility index (Phi) is 1.96. The molecular formula is C10H11ClN4O. The van der Waals surface area contributed by atoms with Crippen LogP contribution in [0.1, 0.15) is 18.5 Å². The summed E-state index contributed by atoms with van der Waals surface area (Å²) >= 11 is 5.81. The molecule has 5 nitrogen and oxygen atoms in total. The van der Waals surface area contributed by atoms with E-state index in [1.807, 2.05) is 0 Å². The zero-order chi connectivity index (χ0) is 11.3. The number of carbonyl (C=O) groups excluding carboxylic acids is 1. The van der Waals surface area contributed by atoms with Crippen LogP contribution in [0.15, 0.2) is 12.4 Å². The largest absolute Gasteiger partial charge is 0.368 e. The monoisotopic (exact) mass is 238 g/mol. The topological polar surface area (TPSA) is 80.9 Å². The normalized spacial score (nSPS) is 35.8. The molecule has 0 aromatic carbocycles. The molecule has 1 aromatic rings. The molecule has 2 fully saturated rings. The summed E-state index contributed by atoms with van der Waals surface area (Å²) < 4.78 is 0. The first kappa shape index (κ1) is 9.99. The summed E-state index contributed by atoms with van der Waals surface area (Å²) in [6, 6.07) is -0.250. The van der Waals surface area contributed by atoms with Crippen molar-refractivity contribution in [3.05, 3.63) is 23.2 Å². The molecule has 2 aliphatic rings. The second kappa shape index (κ2) is 3.15. The van der Waals surface area contributed by atoms with Gasteiger partial charge in [0.15, 0.2) is 0 Å². The highest BCUT2D eigenvalue weighted by Gasteiger charge is 2.63. The van der Waals surface area contributed by atoms with Crippen LogP contribution < -0.4 is 11.1 Å². The van der Waals surface area contributed by atoms with Crippen molar-refractivity contribution < 1.29 is 4.79 Å². The van der Waals surface area contributed by atoms with Crippen LogP contribution in [-0.4, -0.2) is 21.9 Å². The van der Waals surface area contributed by atoms with E-state index in [2.05, 4.69) is 15.3 Å². The minimum atomic E-state index is -0.304. The maximum absolute atomic E-state index is 11.1. The number of aromatic nitrogens is 2. The van der Waals surface area contributed by atoms with Gasteiger partial charge in [-0.05, 0) is 18.8 Å². The molecule has 1 saturated heterocycles. The average Bonchev–Trinajstić information content (AvgIpc) is 2.82. The molecule has 1 aromatic heterocycles. The Morgan fingerprint density at radius 2 is 2.44 bits per heavy atom. The summed E-state index contributed by atoms with van der Waals surface area (Å²) in [4.78, 5) is 19.4. The van der Waals surface area contributed by atoms with Gasteiger partial charge >= 0.3 is 0 Å². The van der Waals surface area contributed by atoms with E-state index >= 15 is 0 Å². The van der Waals surface area contributed by atoms with Crippen LogP contribution in [0.5, 0.6) is 0 Å². The summed E-state index contributed by atoms with van der Waals surface area (Å²) in [7, 11) is 0. The minimum absolute atomic E-state index is 0.211. The molecule has 0 radical (unpaired) electrons. The number of amides is 1. The number of nitrogens with zero attached hydrogens (tertiary/aromatic N) is 2. The minimum Gasteiger partial charge on any atom is -0.368 e. The molecule has 1 saturated carbocycles. The van der Waals surface area contributed by atoms with Crippen molar-refractivity contribution in [2.45, 2.75) is 24.4 Å². The molecule has 16 heavy (non-hydrogen) atoms. The molecule has 0 bridgehead atoms. The van der Waals surface area contributed by atoms with Gasteiger partial charge in [-0.2, -0.15) is 0 Å². The number of hydrogen-bond acceptors (Lipinski definition) is 4. The van der Waals surface area contributed by atoms with E-state index in [1.165, 1.54) is 6.20 Å². The summed E-state index contributed by atoms with van der Waals surface area (Å²) in [5, 5.41) is 3.63. The highest BCUT2D eigenvalue weighted by molar-refractivity contribution is 6.29. The van der Waals surface area contributed by atoms with E-state index in [4.69, 9.17) is 17.3 Å². The smallest absolute Gasteiger partial charge is 0.234 e. The van der Waals surface area contributed by atoms with Crippen LogP contribution in [0.2, 0.25) is 5.15 Å². The van der Waals surface area contributed by atoms with Gasteiger partial charge in [0.2, 0.25) is 5.91 Å². The van der Waals surface area contributed by atoms with Crippen LogP contribution in [0.4, 0.5) is 0 Å². The second-order valence-electron chi connectivity index (χ2n) is 4.43. The highest BCUT2D eigenvalue weighted by Crippen LogP contribution is 2.58. The van der Waals surface area contributed by atoms with E-state index in [9.17, 15) is 4.79 Å². The lowest BCUT2D eigenvalue weighted by Crippen LogP contribution is -2.42. The number of rotatable bonds is 2. The van der Waals surface area contributed by atoms with Gasteiger partial charge in [-0.25, -0.2) is 4.98 Å². The number of fused-ring (bicyclic) bond motifs is 1. The van der Waals surface area contributed by atoms with Crippen molar-refractivity contribution in [2.75, 3.05) is 0 Å². The number of hydrogen-bond donors (Lipinski definition) is 2. The molecule has 1 aliphatic carbocycles. The van der Waals surface area contributed by atoms with Crippen molar-refractivity contribution >= 4 is 17.5 Å². The maximum atomic E-state index is 11.1. The summed E-state index contributed by atoms with van der Waals surface area (Å²) in [6.45, 7) is 0. The van der Waals surface area contributed by atoms with Crippen LogP contribution >= 0.6 is 11.6 Å². The van der Waals surface area contributed by atoms with Crippen LogP contribution in [-0.2, 0) is 10.3 Å². The predicted molar refractivity (Wildman–Crippen MR) is 57.6 cm³/mol. The van der Waals surface area contributed by atoms with Gasteiger partial charge in [0, 0.05) is 0 Å². The molecule has 3 atom stereocenters. The molecule has 84 valence electrons. The molecule has 3 unspecified atom stereocenters. The molecule has 0 spiro atoms. The van der Waals surface area contributed by atoms with E-state index in [0.29, 0.717) is 11.1 Å². The van der Waals surface area contributed by atoms with Crippen molar-refractivity contribution in [2.24, 2.45) is 11.7 Å². The molecule has 3 N–H and O–H groups in total. The number of nitrogens with two attached hydrogens (primary N) is 1. The van der Waals surface area contributed by atoms with Crippen molar-refractivity contribution in [3.63, 3.8) is 0 Å². The number of carbonyl (C=O) groups is 1. The Hall–Kier alpha value is -1.20. The fraction of sp³-hybridized carbons (Fsp3) is 0.500. The standard InChI is InChI=1S/C10H11ClN4O/c11-8-4-13-3-7(14-8)10-2-5(10)1-6(15-10)9(12)16/h3-6,15H,1-2H2,(H2,12,16). The molecule has 6 heteroatoms. The lowest BCUT2D eigenvalue weighted by atomic mass is 10.1. The van der Waals surface area contributed by atoms with Crippen LogP contribution in [0.3, 0.4) is 0 Å². The van der Waals surface area contributed by atoms with E-state index in [0.717, 1.165) is 18.5 Å². The van der Waals surface area contributed by atoms with Crippen molar-refractivity contribution in [1.29, 1.82) is 0 Å². The van der Waals surface area contributed by atoms with E-state index in [-0.39, 0.29) is 17.5 Å². The Morgan fingerprint density at radius 1 is 1.62 bits per heavy atom. The Bertz CT molecular complexity index is 466. The lowest BCUT2D eigenvalue weighted by molar-refractivity contribution is -0.120. The third-order valence-corrected chi connectivity index (χ3v) is 3.64. The van der Waals surface area contributed by atoms with Gasteiger partial charge < -0.3 is 5.73 Å². The Morgan fingerprint density at radius 3 is 3.06 bits per heavy atom. The van der Waals surface area contributed by atoms with E-state index < -0.39 is 0 Å². The van der Waals surface area contributed by atoms with Gasteiger partial charge in [-0.1, -0.05) is 11.6 Å². The maximum Gasteiger partial charge on any atom is 0.234 e. The highest BCUT2D eigenvalue weighted by atomic mass is 35.5. The van der Waals surface area contributed by atoms with Crippen molar-refractivity contribution in [1.82, 2.24) is 15.3 Å². The predicted octanol–water partition coefficient (Wildman–Crippen LogP) is 0.192. The molecular weight excluding hydrogens is 228 g/mol. The van der Waals surface area contributed by atoms with Gasteiger partial charge in [-0.15, -0.1) is 0 Å². The fourth-order valence-corrected chi connectivity index (χ4v) is 2.72. The van der Waals surface area contributed by atoms with Gasteiger partial charge in [-0.3, -0.25) is 15.1 Å². The number of halogens is 1. The number of nitrogens with one attached hydrogen (secondary N) is 1. The second-order valence-corrected chi connectivity index (χ2v) is 4.82. The quantitative estimate of drug-likeness (QED) is 0.771. The Balaban J connectivity index is 1.90. The molecule has 1 amide bonds. The third kappa shape index (κ3) is 1.32. The van der Waals surface area contributed by atoms with E-state index in [1.54, 1.807) is 6.20 Å².